The monoisotopic (exact) mass is 446 g/mol. The van der Waals surface area contributed by atoms with Crippen LogP contribution >= 0.6 is 0 Å². The summed E-state index contributed by atoms with van der Waals surface area (Å²) in [6.45, 7) is -0.464. The number of carbonyl (C=O) groups excluding carboxylic acids is 2. The van der Waals surface area contributed by atoms with Crippen molar-refractivity contribution in [2.24, 2.45) is 0 Å². The van der Waals surface area contributed by atoms with Gasteiger partial charge in [-0.1, -0.05) is 0 Å². The normalized spacial score (nSPS) is 15.0. The average Bonchev–Trinajstić information content (AvgIpc) is 2.66. The molecule has 2 aromatic rings. The first-order valence-electron chi connectivity index (χ1n) is 8.39. The Bertz CT molecular complexity index is 1030. The fraction of sp³-hybridized carbons (Fsp3) is 0.167. The summed E-state index contributed by atoms with van der Waals surface area (Å²) in [6, 6.07) is 5.08. The zero-order valence-electron chi connectivity index (χ0n) is 15.2. The molecule has 13 heteroatoms. The first-order valence-corrected chi connectivity index (χ1v) is 8.39. The summed E-state index contributed by atoms with van der Waals surface area (Å²) in [5, 5.41) is 13.3. The van der Waals surface area contributed by atoms with Gasteiger partial charge in [0.05, 0.1) is 24.0 Å². The first kappa shape index (κ1) is 21.9. The van der Waals surface area contributed by atoms with Crippen LogP contribution < -0.4 is 15.8 Å². The molecule has 2 amide bonds. The van der Waals surface area contributed by atoms with Gasteiger partial charge in [-0.15, -0.1) is 0 Å². The van der Waals surface area contributed by atoms with Crippen molar-refractivity contribution < 1.29 is 41.0 Å². The van der Waals surface area contributed by atoms with Gasteiger partial charge in [-0.2, -0.15) is 26.3 Å². The highest BCUT2D eigenvalue weighted by molar-refractivity contribution is 6.23. The summed E-state index contributed by atoms with van der Waals surface area (Å²) >= 11 is 0. The zero-order chi connectivity index (χ0) is 23.0. The van der Waals surface area contributed by atoms with E-state index in [4.69, 9.17) is 0 Å². The number of carbonyl (C=O) groups is 2. The van der Waals surface area contributed by atoms with Crippen LogP contribution in [0.3, 0.4) is 0 Å². The molecule has 1 aromatic carbocycles. The van der Waals surface area contributed by atoms with Crippen LogP contribution in [0.5, 0.6) is 0 Å². The average molecular weight is 446 g/mol. The maximum atomic E-state index is 12.6. The number of anilines is 2. The quantitative estimate of drug-likeness (QED) is 0.496. The van der Waals surface area contributed by atoms with Gasteiger partial charge in [-0.3, -0.25) is 20.0 Å². The third-order valence-electron chi connectivity index (χ3n) is 4.11. The number of amides is 2. The number of benzene rings is 1. The largest absolute Gasteiger partial charge is 0.509 e. The van der Waals surface area contributed by atoms with Crippen molar-refractivity contribution in [1.29, 1.82) is 0 Å². The van der Waals surface area contributed by atoms with Crippen LogP contribution in [0.2, 0.25) is 0 Å². The molecule has 0 bridgehead atoms. The number of pyridine rings is 1. The van der Waals surface area contributed by atoms with Crippen LogP contribution in [0.4, 0.5) is 37.7 Å². The van der Waals surface area contributed by atoms with E-state index >= 15 is 0 Å². The van der Waals surface area contributed by atoms with E-state index in [0.717, 1.165) is 41.5 Å². The second kappa shape index (κ2) is 7.81. The van der Waals surface area contributed by atoms with Crippen molar-refractivity contribution in [1.82, 2.24) is 10.4 Å². The fourth-order valence-corrected chi connectivity index (χ4v) is 2.62. The van der Waals surface area contributed by atoms with Gasteiger partial charge in [-0.05, 0) is 36.4 Å². The Morgan fingerprint density at radius 2 is 1.68 bits per heavy atom. The second-order valence-corrected chi connectivity index (χ2v) is 6.28. The Morgan fingerprint density at radius 1 is 1.03 bits per heavy atom. The number of nitrogens with one attached hydrogen (secondary N) is 2. The molecule has 0 radical (unpaired) electrons. The fourth-order valence-electron chi connectivity index (χ4n) is 2.62. The molecule has 0 saturated carbocycles. The molecule has 0 atom stereocenters. The first-order chi connectivity index (χ1) is 14.4. The third-order valence-corrected chi connectivity index (χ3v) is 4.11. The van der Waals surface area contributed by atoms with Crippen LogP contribution in [0.15, 0.2) is 53.9 Å². The molecule has 1 aliphatic heterocycles. The van der Waals surface area contributed by atoms with Gasteiger partial charge in [0.1, 0.15) is 17.0 Å². The Balaban J connectivity index is 1.74. The summed E-state index contributed by atoms with van der Waals surface area (Å²) in [7, 11) is 0. The number of nitrogens with zero attached hydrogens (tertiary/aromatic N) is 2. The highest BCUT2D eigenvalue weighted by Crippen LogP contribution is 2.30. The standard InChI is InChI=1S/C18H12F6N4O3/c19-17(20,21)9-1-3-10(4-2-9)26-15(30)14-12(29)8-28(27-16(14)31)11-5-6-13(25-7-11)18(22,23)24/h1-7,29H,8H2,(H,26,30)(H,27,31). The molecule has 1 aliphatic rings. The molecule has 0 spiro atoms. The number of alkyl halides is 6. The van der Waals surface area contributed by atoms with Gasteiger partial charge in [0.2, 0.25) is 0 Å². The molecule has 3 N–H and O–H groups in total. The van der Waals surface area contributed by atoms with Crippen molar-refractivity contribution in [3.63, 3.8) is 0 Å². The van der Waals surface area contributed by atoms with Gasteiger partial charge < -0.3 is 10.4 Å². The van der Waals surface area contributed by atoms with Crippen LogP contribution in [-0.4, -0.2) is 28.4 Å². The molecule has 164 valence electrons. The topological polar surface area (TPSA) is 94.6 Å². The molecule has 1 aromatic heterocycles. The Hall–Kier alpha value is -3.77. The van der Waals surface area contributed by atoms with Gasteiger partial charge in [0.15, 0.2) is 0 Å². The molecular formula is C18H12F6N4O3. The van der Waals surface area contributed by atoms with Crippen molar-refractivity contribution in [2.45, 2.75) is 12.4 Å². The smallest absolute Gasteiger partial charge is 0.433 e. The van der Waals surface area contributed by atoms with E-state index in [1.807, 2.05) is 0 Å². The van der Waals surface area contributed by atoms with E-state index in [2.05, 4.69) is 15.7 Å². The minimum Gasteiger partial charge on any atom is -0.509 e. The van der Waals surface area contributed by atoms with Crippen molar-refractivity contribution >= 4 is 23.2 Å². The number of hydrogen-bond donors (Lipinski definition) is 3. The summed E-state index contributed by atoms with van der Waals surface area (Å²) in [5.41, 5.74) is -0.629. The number of hydrazine groups is 1. The Labute approximate surface area is 170 Å². The molecule has 0 saturated heterocycles. The van der Waals surface area contributed by atoms with E-state index in [0.29, 0.717) is 6.07 Å². The SMILES string of the molecule is O=C(Nc1ccc(C(F)(F)F)cc1)C1=C(O)CN(c2ccc(C(F)(F)F)nc2)NC1=O. The highest BCUT2D eigenvalue weighted by Gasteiger charge is 2.34. The van der Waals surface area contributed by atoms with Crippen molar-refractivity contribution in [3.05, 3.63) is 65.2 Å². The maximum Gasteiger partial charge on any atom is 0.433 e. The Kier molecular flexibility index (Phi) is 5.53. The summed E-state index contributed by atoms with van der Waals surface area (Å²) in [6.07, 6.45) is -8.40. The molecule has 0 aliphatic carbocycles. The predicted molar refractivity (Wildman–Crippen MR) is 94.5 cm³/mol. The van der Waals surface area contributed by atoms with E-state index in [1.54, 1.807) is 0 Å². The predicted octanol–water partition coefficient (Wildman–Crippen LogP) is 3.42. The second-order valence-electron chi connectivity index (χ2n) is 6.28. The number of halogens is 6. The van der Waals surface area contributed by atoms with Crippen molar-refractivity contribution in [2.75, 3.05) is 16.9 Å². The lowest BCUT2D eigenvalue weighted by Crippen LogP contribution is -2.50. The van der Waals surface area contributed by atoms with Gasteiger partial charge in [0.25, 0.3) is 11.8 Å². The molecular weight excluding hydrogens is 434 g/mol. The number of aromatic nitrogens is 1. The van der Waals surface area contributed by atoms with Crippen LogP contribution in [0, 0.1) is 0 Å². The van der Waals surface area contributed by atoms with Gasteiger partial charge >= 0.3 is 12.4 Å². The molecule has 0 unspecified atom stereocenters. The van der Waals surface area contributed by atoms with Crippen LogP contribution in [0.1, 0.15) is 11.3 Å². The van der Waals surface area contributed by atoms with E-state index < -0.39 is 53.3 Å². The van der Waals surface area contributed by atoms with Gasteiger partial charge in [-0.25, -0.2) is 4.98 Å². The lowest BCUT2D eigenvalue weighted by atomic mass is 10.1. The van der Waals surface area contributed by atoms with Crippen molar-refractivity contribution in [3.8, 4) is 0 Å². The minimum atomic E-state index is -4.66. The minimum absolute atomic E-state index is 0.00935. The third kappa shape index (κ3) is 4.87. The highest BCUT2D eigenvalue weighted by atomic mass is 19.4. The number of hydrogen-bond acceptors (Lipinski definition) is 5. The zero-order valence-corrected chi connectivity index (χ0v) is 15.2. The number of aliphatic hydroxyl groups excluding tert-OH is 1. The number of rotatable bonds is 3. The lowest BCUT2D eigenvalue weighted by Gasteiger charge is -2.29. The van der Waals surface area contributed by atoms with E-state index in [-0.39, 0.29) is 11.4 Å². The summed E-state index contributed by atoms with van der Waals surface area (Å²) < 4.78 is 75.5. The Morgan fingerprint density at radius 3 is 2.16 bits per heavy atom. The van der Waals surface area contributed by atoms with E-state index in [9.17, 15) is 41.0 Å². The van der Waals surface area contributed by atoms with Crippen LogP contribution in [-0.2, 0) is 21.9 Å². The lowest BCUT2D eigenvalue weighted by molar-refractivity contribution is -0.141. The number of aliphatic hydroxyl groups is 1. The molecule has 2 heterocycles. The molecule has 31 heavy (non-hydrogen) atoms. The molecule has 3 rings (SSSR count). The van der Waals surface area contributed by atoms with Gasteiger partial charge in [0, 0.05) is 5.69 Å². The molecule has 0 fully saturated rings. The summed E-state index contributed by atoms with van der Waals surface area (Å²) in [5.74, 6) is -2.86. The maximum absolute atomic E-state index is 12.6. The van der Waals surface area contributed by atoms with E-state index in [1.165, 1.54) is 0 Å². The summed E-state index contributed by atoms with van der Waals surface area (Å²) in [4.78, 5) is 27.8. The molecule has 7 nitrogen and oxygen atoms in total. The van der Waals surface area contributed by atoms with Crippen LogP contribution in [0.25, 0.3) is 0 Å².